The van der Waals surface area contributed by atoms with E-state index in [9.17, 15) is 0 Å². The minimum atomic E-state index is 0.910. The SMILES string of the molecule is CC[C@@H]1C[C@H]1CNc1ccncc1C. The van der Waals surface area contributed by atoms with Crippen LogP contribution in [-0.4, -0.2) is 11.5 Å². The van der Waals surface area contributed by atoms with Crippen LogP contribution in [0.25, 0.3) is 0 Å². The van der Waals surface area contributed by atoms with Crippen LogP contribution in [0.4, 0.5) is 5.69 Å². The molecule has 2 rings (SSSR count). The summed E-state index contributed by atoms with van der Waals surface area (Å²) in [6.07, 6.45) is 6.50. The highest BCUT2D eigenvalue weighted by Crippen LogP contribution is 2.40. The summed E-state index contributed by atoms with van der Waals surface area (Å²) >= 11 is 0. The van der Waals surface area contributed by atoms with E-state index in [-0.39, 0.29) is 0 Å². The summed E-state index contributed by atoms with van der Waals surface area (Å²) in [6, 6.07) is 2.05. The molecule has 1 saturated carbocycles. The molecule has 0 aliphatic heterocycles. The maximum absolute atomic E-state index is 4.08. The third kappa shape index (κ3) is 2.06. The normalized spacial score (nSPS) is 24.7. The molecule has 0 amide bonds. The molecule has 76 valence electrons. The van der Waals surface area contributed by atoms with Gasteiger partial charge in [0, 0.05) is 24.6 Å². The van der Waals surface area contributed by atoms with Crippen molar-refractivity contribution in [1.82, 2.24) is 4.98 Å². The number of anilines is 1. The minimum absolute atomic E-state index is 0.910. The Kier molecular flexibility index (Phi) is 2.71. The molecule has 1 aromatic rings. The average Bonchev–Trinajstić information content (AvgIpc) is 2.95. The van der Waals surface area contributed by atoms with E-state index in [2.05, 4.69) is 30.2 Å². The number of hydrogen-bond donors (Lipinski definition) is 1. The highest BCUT2D eigenvalue weighted by molar-refractivity contribution is 5.48. The predicted molar refractivity (Wildman–Crippen MR) is 59.4 cm³/mol. The fraction of sp³-hybridized carbons (Fsp3) is 0.583. The number of pyridine rings is 1. The van der Waals surface area contributed by atoms with Crippen LogP contribution in [0.2, 0.25) is 0 Å². The Hall–Kier alpha value is -1.05. The molecule has 1 aromatic heterocycles. The van der Waals surface area contributed by atoms with Crippen molar-refractivity contribution in [3.63, 3.8) is 0 Å². The van der Waals surface area contributed by atoms with E-state index in [1.165, 1.54) is 24.1 Å². The summed E-state index contributed by atoms with van der Waals surface area (Å²) in [5.74, 6) is 1.89. The van der Waals surface area contributed by atoms with Crippen LogP contribution in [0.1, 0.15) is 25.3 Å². The molecule has 0 radical (unpaired) electrons. The molecule has 0 saturated heterocycles. The third-order valence-electron chi connectivity index (χ3n) is 3.17. The van der Waals surface area contributed by atoms with Gasteiger partial charge in [-0.25, -0.2) is 0 Å². The first-order chi connectivity index (χ1) is 6.81. The van der Waals surface area contributed by atoms with Crippen molar-refractivity contribution < 1.29 is 0 Å². The van der Waals surface area contributed by atoms with E-state index >= 15 is 0 Å². The number of nitrogens with one attached hydrogen (secondary N) is 1. The van der Waals surface area contributed by atoms with Crippen LogP contribution in [0.5, 0.6) is 0 Å². The fourth-order valence-electron chi connectivity index (χ4n) is 1.97. The molecule has 1 aliphatic rings. The third-order valence-corrected chi connectivity index (χ3v) is 3.17. The first-order valence-corrected chi connectivity index (χ1v) is 5.45. The van der Waals surface area contributed by atoms with E-state index in [1.54, 1.807) is 0 Å². The first kappa shape index (κ1) is 9.50. The van der Waals surface area contributed by atoms with E-state index in [4.69, 9.17) is 0 Å². The summed E-state index contributed by atoms with van der Waals surface area (Å²) in [4.78, 5) is 4.08. The number of rotatable bonds is 4. The van der Waals surface area contributed by atoms with Crippen LogP contribution in [0, 0.1) is 18.8 Å². The lowest BCUT2D eigenvalue weighted by molar-refractivity contribution is 0.701. The largest absolute Gasteiger partial charge is 0.384 e. The van der Waals surface area contributed by atoms with Gasteiger partial charge in [0.1, 0.15) is 0 Å². The van der Waals surface area contributed by atoms with Crippen LogP contribution in [0.3, 0.4) is 0 Å². The Balaban J connectivity index is 1.84. The van der Waals surface area contributed by atoms with E-state index in [0.717, 1.165) is 18.4 Å². The first-order valence-electron chi connectivity index (χ1n) is 5.45. The number of nitrogens with zero attached hydrogens (tertiary/aromatic N) is 1. The van der Waals surface area contributed by atoms with Gasteiger partial charge in [0.15, 0.2) is 0 Å². The molecule has 0 spiro atoms. The van der Waals surface area contributed by atoms with Gasteiger partial charge in [0.25, 0.3) is 0 Å². The lowest BCUT2D eigenvalue weighted by Crippen LogP contribution is -2.06. The summed E-state index contributed by atoms with van der Waals surface area (Å²) in [7, 11) is 0. The molecule has 2 heteroatoms. The van der Waals surface area contributed by atoms with Crippen LogP contribution in [-0.2, 0) is 0 Å². The fourth-order valence-corrected chi connectivity index (χ4v) is 1.97. The molecule has 2 nitrogen and oxygen atoms in total. The van der Waals surface area contributed by atoms with Crippen LogP contribution in [0.15, 0.2) is 18.5 Å². The second-order valence-corrected chi connectivity index (χ2v) is 4.24. The van der Waals surface area contributed by atoms with Crippen molar-refractivity contribution in [2.75, 3.05) is 11.9 Å². The quantitative estimate of drug-likeness (QED) is 0.789. The van der Waals surface area contributed by atoms with Crippen molar-refractivity contribution in [3.8, 4) is 0 Å². The number of aromatic nitrogens is 1. The molecule has 0 unspecified atom stereocenters. The van der Waals surface area contributed by atoms with E-state index in [1.807, 2.05) is 12.4 Å². The van der Waals surface area contributed by atoms with Gasteiger partial charge in [-0.3, -0.25) is 4.98 Å². The molecule has 14 heavy (non-hydrogen) atoms. The molecule has 0 bridgehead atoms. The topological polar surface area (TPSA) is 24.9 Å². The zero-order valence-electron chi connectivity index (χ0n) is 8.96. The van der Waals surface area contributed by atoms with Crippen molar-refractivity contribution in [2.24, 2.45) is 11.8 Å². The second-order valence-electron chi connectivity index (χ2n) is 4.24. The lowest BCUT2D eigenvalue weighted by atomic mass is 10.2. The highest BCUT2D eigenvalue weighted by atomic mass is 14.9. The van der Waals surface area contributed by atoms with Crippen molar-refractivity contribution in [3.05, 3.63) is 24.0 Å². The molecule has 0 aromatic carbocycles. The summed E-state index contributed by atoms with van der Waals surface area (Å²) < 4.78 is 0. The van der Waals surface area contributed by atoms with Gasteiger partial charge in [-0.2, -0.15) is 0 Å². The molecule has 2 atom stereocenters. The molecule has 1 heterocycles. The summed E-state index contributed by atoms with van der Waals surface area (Å²) in [6.45, 7) is 5.51. The Morgan fingerprint density at radius 1 is 1.50 bits per heavy atom. The zero-order chi connectivity index (χ0) is 9.97. The number of hydrogen-bond acceptors (Lipinski definition) is 2. The molecule has 1 fully saturated rings. The van der Waals surface area contributed by atoms with Crippen molar-refractivity contribution in [1.29, 1.82) is 0 Å². The molecular formula is C12H18N2. The highest BCUT2D eigenvalue weighted by Gasteiger charge is 2.34. The van der Waals surface area contributed by atoms with Crippen molar-refractivity contribution in [2.45, 2.75) is 26.7 Å². The zero-order valence-corrected chi connectivity index (χ0v) is 8.96. The van der Waals surface area contributed by atoms with Gasteiger partial charge in [0.05, 0.1) is 0 Å². The Labute approximate surface area is 85.7 Å². The monoisotopic (exact) mass is 190 g/mol. The Morgan fingerprint density at radius 2 is 2.36 bits per heavy atom. The van der Waals surface area contributed by atoms with E-state index in [0.29, 0.717) is 0 Å². The second kappa shape index (κ2) is 3.99. The smallest absolute Gasteiger partial charge is 0.0400 e. The summed E-state index contributed by atoms with van der Waals surface area (Å²) in [5, 5.41) is 3.50. The van der Waals surface area contributed by atoms with Gasteiger partial charge in [0.2, 0.25) is 0 Å². The van der Waals surface area contributed by atoms with Crippen LogP contribution >= 0.6 is 0 Å². The molecular weight excluding hydrogens is 172 g/mol. The van der Waals surface area contributed by atoms with Crippen molar-refractivity contribution >= 4 is 5.69 Å². The van der Waals surface area contributed by atoms with Gasteiger partial charge in [-0.05, 0) is 36.8 Å². The average molecular weight is 190 g/mol. The Morgan fingerprint density at radius 3 is 3.00 bits per heavy atom. The van der Waals surface area contributed by atoms with E-state index < -0.39 is 0 Å². The van der Waals surface area contributed by atoms with Gasteiger partial charge in [-0.1, -0.05) is 13.3 Å². The van der Waals surface area contributed by atoms with Gasteiger partial charge < -0.3 is 5.32 Å². The standard InChI is InChI=1S/C12H18N2/c1-3-10-6-11(10)8-14-12-4-5-13-7-9(12)2/h4-5,7,10-11H,3,6,8H2,1-2H3,(H,13,14)/t10-,11+/m1/s1. The molecule has 1 N–H and O–H groups in total. The summed E-state index contributed by atoms with van der Waals surface area (Å²) in [5.41, 5.74) is 2.47. The number of aryl methyl sites for hydroxylation is 1. The minimum Gasteiger partial charge on any atom is -0.384 e. The van der Waals surface area contributed by atoms with Crippen LogP contribution < -0.4 is 5.32 Å². The maximum atomic E-state index is 4.08. The lowest BCUT2D eigenvalue weighted by Gasteiger charge is -2.07. The van der Waals surface area contributed by atoms with Gasteiger partial charge in [-0.15, -0.1) is 0 Å². The Bertz CT molecular complexity index is 309. The predicted octanol–water partition coefficient (Wildman–Crippen LogP) is 2.85. The maximum Gasteiger partial charge on any atom is 0.0400 e. The van der Waals surface area contributed by atoms with Gasteiger partial charge >= 0.3 is 0 Å². The molecule has 1 aliphatic carbocycles.